The average molecular weight is 355 g/mol. The molecule has 0 heterocycles. The fourth-order valence-electron chi connectivity index (χ4n) is 2.40. The van der Waals surface area contributed by atoms with Gasteiger partial charge in [-0.05, 0) is 48.2 Å². The van der Waals surface area contributed by atoms with Crippen molar-refractivity contribution < 1.29 is 0 Å². The van der Waals surface area contributed by atoms with Gasteiger partial charge in [0, 0.05) is 5.69 Å². The van der Waals surface area contributed by atoms with Crippen molar-refractivity contribution in [2.24, 2.45) is 27.2 Å². The summed E-state index contributed by atoms with van der Waals surface area (Å²) in [5.41, 5.74) is 25.7. The number of nitrogens with zero attached hydrogens (tertiary/aromatic N) is 2. The number of benzene rings is 2. The van der Waals surface area contributed by atoms with E-state index in [2.05, 4.69) is 36.0 Å². The van der Waals surface area contributed by atoms with E-state index >= 15 is 0 Å². The van der Waals surface area contributed by atoms with E-state index in [0.717, 1.165) is 30.6 Å². The zero-order valence-corrected chi connectivity index (χ0v) is 15.7. The van der Waals surface area contributed by atoms with E-state index in [1.165, 1.54) is 17.5 Å². The zero-order chi connectivity index (χ0) is 19.4. The molecule has 0 bridgehead atoms. The van der Waals surface area contributed by atoms with Gasteiger partial charge in [0.05, 0.1) is 5.69 Å². The Morgan fingerprint density at radius 2 is 1.42 bits per heavy atom. The second kappa shape index (κ2) is 11.5. The van der Waals surface area contributed by atoms with E-state index in [1.54, 1.807) is 0 Å². The molecule has 0 aliphatic heterocycles. The van der Waals surface area contributed by atoms with Gasteiger partial charge in [-0.1, -0.05) is 51.0 Å². The maximum Gasteiger partial charge on any atom is 0.223 e. The van der Waals surface area contributed by atoms with Crippen LogP contribution in [0.15, 0.2) is 58.5 Å². The van der Waals surface area contributed by atoms with Gasteiger partial charge >= 0.3 is 0 Å². The van der Waals surface area contributed by atoms with Gasteiger partial charge in [0.1, 0.15) is 0 Å². The highest BCUT2D eigenvalue weighted by Gasteiger charge is 1.95. The Labute approximate surface area is 156 Å². The Morgan fingerprint density at radius 1 is 0.846 bits per heavy atom. The van der Waals surface area contributed by atoms with Gasteiger partial charge < -0.3 is 22.9 Å². The van der Waals surface area contributed by atoms with Crippen LogP contribution in [0.25, 0.3) is 0 Å². The summed E-state index contributed by atoms with van der Waals surface area (Å²) < 4.78 is 0. The second-order valence-corrected chi connectivity index (χ2v) is 5.92. The third-order valence-electron chi connectivity index (χ3n) is 3.43. The number of aryl methyl sites for hydroxylation is 2. The highest BCUT2D eigenvalue weighted by Crippen LogP contribution is 2.15. The minimum atomic E-state index is -0.0917. The topological polar surface area (TPSA) is 129 Å². The van der Waals surface area contributed by atoms with E-state index in [1.807, 2.05) is 36.4 Å². The van der Waals surface area contributed by atoms with E-state index in [0.29, 0.717) is 0 Å². The molecule has 6 heteroatoms. The Kier molecular flexibility index (Phi) is 9.31. The fourth-order valence-corrected chi connectivity index (χ4v) is 2.40. The summed E-state index contributed by atoms with van der Waals surface area (Å²) >= 11 is 0. The van der Waals surface area contributed by atoms with Crippen molar-refractivity contribution in [2.45, 2.75) is 39.5 Å². The summed E-state index contributed by atoms with van der Waals surface area (Å²) in [6.45, 7) is 4.30. The third-order valence-corrected chi connectivity index (χ3v) is 3.43. The quantitative estimate of drug-likeness (QED) is 0.373. The number of hydrogen-bond donors (Lipinski definition) is 4. The lowest BCUT2D eigenvalue weighted by molar-refractivity contribution is 0.922. The Hall–Kier alpha value is -3.02. The van der Waals surface area contributed by atoms with Crippen LogP contribution in [0.3, 0.4) is 0 Å². The van der Waals surface area contributed by atoms with Crippen LogP contribution in [0.1, 0.15) is 37.8 Å². The molecular formula is C20H30N6. The third kappa shape index (κ3) is 8.73. The van der Waals surface area contributed by atoms with Gasteiger partial charge in [-0.25, -0.2) is 4.99 Å². The second-order valence-electron chi connectivity index (χ2n) is 5.92. The molecule has 2 aromatic carbocycles. The number of guanidine groups is 2. The molecule has 2 aromatic rings. The molecule has 0 amide bonds. The predicted octanol–water partition coefficient (Wildman–Crippen LogP) is 3.08. The van der Waals surface area contributed by atoms with Gasteiger partial charge in [0.25, 0.3) is 0 Å². The van der Waals surface area contributed by atoms with Gasteiger partial charge in [-0.15, -0.1) is 0 Å². The molecule has 26 heavy (non-hydrogen) atoms. The number of hydrogen-bond acceptors (Lipinski definition) is 2. The van der Waals surface area contributed by atoms with Crippen LogP contribution in [0.4, 0.5) is 11.4 Å². The molecule has 0 atom stereocenters. The zero-order valence-electron chi connectivity index (χ0n) is 15.7. The smallest absolute Gasteiger partial charge is 0.223 e. The Morgan fingerprint density at radius 3 is 1.96 bits per heavy atom. The standard InChI is InChI=1S/C11H17N5.C9H13N/c1-2-4-8-5-3-6-9(7-8)15-11(14)16-10(12)13;1-2-4-8-5-3-6-9(10)7-8/h3,5-7H,2,4H2,1H3,(H6,12,13,14,15,16);3,5-7H,2,4,10H2,1H3. The molecule has 8 N–H and O–H groups in total. The van der Waals surface area contributed by atoms with Gasteiger partial charge in [0.2, 0.25) is 5.96 Å². The molecule has 0 aliphatic rings. The number of anilines is 1. The number of rotatable bonds is 5. The highest BCUT2D eigenvalue weighted by atomic mass is 15.1. The van der Waals surface area contributed by atoms with E-state index in [4.69, 9.17) is 22.9 Å². The maximum absolute atomic E-state index is 5.59. The summed E-state index contributed by atoms with van der Waals surface area (Å²) in [5.74, 6) is -0.0281. The van der Waals surface area contributed by atoms with Crippen LogP contribution in [0.5, 0.6) is 0 Å². The molecule has 0 radical (unpaired) electrons. The number of nitrogen functional groups attached to an aromatic ring is 1. The molecule has 6 nitrogen and oxygen atoms in total. The van der Waals surface area contributed by atoms with Crippen LogP contribution < -0.4 is 22.9 Å². The largest absolute Gasteiger partial charge is 0.399 e. The average Bonchev–Trinajstić information content (AvgIpc) is 2.55. The van der Waals surface area contributed by atoms with Crippen LogP contribution in [-0.2, 0) is 12.8 Å². The van der Waals surface area contributed by atoms with Gasteiger partial charge in [-0.3, -0.25) is 0 Å². The van der Waals surface area contributed by atoms with Gasteiger partial charge in [-0.2, -0.15) is 4.99 Å². The SMILES string of the molecule is CCCc1cccc(N)c1.CCCc1cccc(N=C(N)N=C(N)N)c1. The first-order valence-electron chi connectivity index (χ1n) is 8.81. The van der Waals surface area contributed by atoms with E-state index in [-0.39, 0.29) is 11.9 Å². The van der Waals surface area contributed by atoms with Crippen molar-refractivity contribution in [1.82, 2.24) is 0 Å². The summed E-state index contributed by atoms with van der Waals surface area (Å²) in [4.78, 5) is 7.74. The van der Waals surface area contributed by atoms with Crippen LogP contribution in [0, 0.1) is 0 Å². The lowest BCUT2D eigenvalue weighted by Crippen LogP contribution is -2.26. The molecule has 0 saturated heterocycles. The molecular weight excluding hydrogens is 324 g/mol. The summed E-state index contributed by atoms with van der Waals surface area (Å²) in [6.07, 6.45) is 4.43. The van der Waals surface area contributed by atoms with Crippen LogP contribution >= 0.6 is 0 Å². The highest BCUT2D eigenvalue weighted by molar-refractivity contribution is 5.93. The van der Waals surface area contributed by atoms with Crippen molar-refractivity contribution in [3.05, 3.63) is 59.7 Å². The molecule has 0 fully saturated rings. The fraction of sp³-hybridized carbons (Fsp3) is 0.300. The van der Waals surface area contributed by atoms with Crippen molar-refractivity contribution in [3.8, 4) is 0 Å². The van der Waals surface area contributed by atoms with E-state index in [9.17, 15) is 0 Å². The van der Waals surface area contributed by atoms with Crippen molar-refractivity contribution >= 4 is 23.3 Å². The molecule has 2 rings (SSSR count). The van der Waals surface area contributed by atoms with E-state index < -0.39 is 0 Å². The predicted molar refractivity (Wildman–Crippen MR) is 112 cm³/mol. The van der Waals surface area contributed by atoms with Crippen LogP contribution in [0.2, 0.25) is 0 Å². The normalized spacial score (nSPS) is 10.6. The Bertz CT molecular complexity index is 733. The summed E-state index contributed by atoms with van der Waals surface area (Å²) in [6, 6.07) is 15.9. The molecule has 0 aliphatic carbocycles. The summed E-state index contributed by atoms with van der Waals surface area (Å²) in [7, 11) is 0. The van der Waals surface area contributed by atoms with Crippen molar-refractivity contribution in [1.29, 1.82) is 0 Å². The van der Waals surface area contributed by atoms with Crippen molar-refractivity contribution in [3.63, 3.8) is 0 Å². The first-order valence-corrected chi connectivity index (χ1v) is 8.81. The Balaban J connectivity index is 0.000000289. The number of nitrogens with two attached hydrogens (primary N) is 4. The first kappa shape index (κ1) is 21.0. The molecule has 0 unspecified atom stereocenters. The van der Waals surface area contributed by atoms with Gasteiger partial charge in [0.15, 0.2) is 5.96 Å². The molecule has 0 aromatic heterocycles. The minimum Gasteiger partial charge on any atom is -0.399 e. The first-order chi connectivity index (χ1) is 12.4. The maximum atomic E-state index is 5.59. The van der Waals surface area contributed by atoms with Crippen molar-refractivity contribution in [2.75, 3.05) is 5.73 Å². The van der Waals surface area contributed by atoms with Crippen LogP contribution in [-0.4, -0.2) is 11.9 Å². The lowest BCUT2D eigenvalue weighted by Gasteiger charge is -2.00. The number of aliphatic imine (C=N–C) groups is 2. The minimum absolute atomic E-state index is 0.0636. The molecule has 140 valence electrons. The molecule has 0 spiro atoms. The summed E-state index contributed by atoms with van der Waals surface area (Å²) in [5, 5.41) is 0. The lowest BCUT2D eigenvalue weighted by atomic mass is 10.1. The monoisotopic (exact) mass is 354 g/mol. The molecule has 0 saturated carbocycles.